The first-order chi connectivity index (χ1) is 7.74. The first-order valence-electron chi connectivity index (χ1n) is 6.01. The maximum absolute atomic E-state index is 5.73. The van der Waals surface area contributed by atoms with E-state index in [1.165, 1.54) is 0 Å². The predicted molar refractivity (Wildman–Crippen MR) is 67.6 cm³/mol. The topological polar surface area (TPSA) is 36.9 Å². The molecule has 0 aromatic heterocycles. The lowest BCUT2D eigenvalue weighted by Crippen LogP contribution is -2.46. The highest BCUT2D eigenvalue weighted by atomic mass is 28.4. The van der Waals surface area contributed by atoms with Crippen LogP contribution in [-0.4, -0.2) is 45.0 Å². The molecule has 6 heteroatoms. The second-order valence-electron chi connectivity index (χ2n) is 3.06. The molecule has 0 rings (SSSR count). The lowest BCUT2D eigenvalue weighted by atomic mass is 10.9. The number of rotatable bonds is 11. The Hall–Kier alpha value is 0.274. The minimum atomic E-state index is -2.42. The third-order valence-corrected chi connectivity index (χ3v) is 6.37. The van der Waals surface area contributed by atoms with Crippen LogP contribution in [-0.2, 0) is 17.7 Å². The Morgan fingerprint density at radius 2 is 1.31 bits per heavy atom. The van der Waals surface area contributed by atoms with Gasteiger partial charge >= 0.3 is 8.80 Å². The van der Waals surface area contributed by atoms with Crippen molar-refractivity contribution in [2.24, 2.45) is 0 Å². The van der Waals surface area contributed by atoms with E-state index >= 15 is 0 Å². The van der Waals surface area contributed by atoms with Gasteiger partial charge in [0, 0.05) is 32.5 Å². The minimum Gasteiger partial charge on any atom is -0.418 e. The molecule has 0 aliphatic rings. The van der Waals surface area contributed by atoms with Gasteiger partial charge in [-0.2, -0.15) is 0 Å². The van der Waals surface area contributed by atoms with Gasteiger partial charge in [0.05, 0.1) is 0 Å². The van der Waals surface area contributed by atoms with E-state index in [9.17, 15) is 0 Å². The van der Waals surface area contributed by atoms with Gasteiger partial charge in [-0.05, 0) is 33.7 Å². The van der Waals surface area contributed by atoms with Gasteiger partial charge < -0.3 is 17.7 Å². The van der Waals surface area contributed by atoms with Gasteiger partial charge in [-0.1, -0.05) is 0 Å². The molecular weight excluding hydrogens is 240 g/mol. The number of hydrogen-bond acceptors (Lipinski definition) is 4. The predicted octanol–water partition coefficient (Wildman–Crippen LogP) is 2.11. The highest BCUT2D eigenvalue weighted by Crippen LogP contribution is 2.18. The van der Waals surface area contributed by atoms with Crippen LogP contribution in [0.25, 0.3) is 0 Å². The van der Waals surface area contributed by atoms with Gasteiger partial charge in [-0.25, -0.2) is 0 Å². The van der Waals surface area contributed by atoms with E-state index in [2.05, 4.69) is 0 Å². The summed E-state index contributed by atoms with van der Waals surface area (Å²) in [5, 5.41) is 0. The summed E-state index contributed by atoms with van der Waals surface area (Å²) in [7, 11) is -1.90. The molecule has 0 N–H and O–H groups in total. The highest BCUT2D eigenvalue weighted by Gasteiger charge is 2.39. The molecule has 4 nitrogen and oxygen atoms in total. The van der Waals surface area contributed by atoms with Gasteiger partial charge in [-0.3, -0.25) is 0 Å². The average Bonchev–Trinajstić information content (AvgIpc) is 2.26. The van der Waals surface area contributed by atoms with Crippen molar-refractivity contribution in [2.75, 3.05) is 26.4 Å². The van der Waals surface area contributed by atoms with Crippen molar-refractivity contribution < 1.29 is 17.7 Å². The summed E-state index contributed by atoms with van der Waals surface area (Å²) in [5.41, 5.74) is 0. The Balaban J connectivity index is 4.12. The SMILES string of the molecule is CCO[Si]CC[Si](OCC)(OCC)OCC. The summed E-state index contributed by atoms with van der Waals surface area (Å²) in [6, 6.07) is 1.81. The standard InChI is InChI=1S/C10H24O4Si2/c1-5-11-15-9-10-16(12-6-2,13-7-3)14-8-4/h5-10H2,1-4H3. The van der Waals surface area contributed by atoms with E-state index in [1.807, 2.05) is 27.7 Å². The Bertz CT molecular complexity index is 141. The third kappa shape index (κ3) is 6.77. The van der Waals surface area contributed by atoms with Crippen molar-refractivity contribution in [3.63, 3.8) is 0 Å². The van der Waals surface area contributed by atoms with E-state index in [4.69, 9.17) is 17.7 Å². The molecule has 2 radical (unpaired) electrons. The molecule has 0 unspecified atom stereocenters. The minimum absolute atomic E-state index is 0.514. The highest BCUT2D eigenvalue weighted by molar-refractivity contribution is 6.61. The van der Waals surface area contributed by atoms with Gasteiger partial charge in [0.1, 0.15) is 0 Å². The van der Waals surface area contributed by atoms with Crippen LogP contribution in [0.4, 0.5) is 0 Å². The second-order valence-corrected chi connectivity index (χ2v) is 6.87. The molecular formula is C10H24O4Si2. The Morgan fingerprint density at radius 3 is 1.69 bits per heavy atom. The fourth-order valence-electron chi connectivity index (χ4n) is 1.38. The van der Waals surface area contributed by atoms with Gasteiger partial charge in [-0.15, -0.1) is 0 Å². The summed E-state index contributed by atoms with van der Waals surface area (Å²) < 4.78 is 22.5. The van der Waals surface area contributed by atoms with E-state index in [0.29, 0.717) is 29.6 Å². The first kappa shape index (κ1) is 16.3. The first-order valence-corrected chi connectivity index (χ1v) is 9.05. The summed E-state index contributed by atoms with van der Waals surface area (Å²) in [4.78, 5) is 0. The molecule has 0 atom stereocenters. The van der Waals surface area contributed by atoms with Crippen molar-refractivity contribution in [1.82, 2.24) is 0 Å². The fourth-order valence-corrected chi connectivity index (χ4v) is 5.36. The maximum Gasteiger partial charge on any atom is 0.500 e. The van der Waals surface area contributed by atoms with E-state index in [1.54, 1.807) is 0 Å². The summed E-state index contributed by atoms with van der Waals surface area (Å²) >= 11 is 0. The molecule has 0 aromatic rings. The third-order valence-electron chi connectivity index (χ3n) is 1.87. The molecule has 16 heavy (non-hydrogen) atoms. The smallest absolute Gasteiger partial charge is 0.418 e. The summed E-state index contributed by atoms with van der Waals surface area (Å²) in [5.74, 6) is 0. The maximum atomic E-state index is 5.73. The van der Waals surface area contributed by atoms with Crippen LogP contribution >= 0.6 is 0 Å². The quantitative estimate of drug-likeness (QED) is 0.423. The Labute approximate surface area is 103 Å². The van der Waals surface area contributed by atoms with Crippen LogP contribution in [0.5, 0.6) is 0 Å². The zero-order valence-electron chi connectivity index (χ0n) is 10.9. The molecule has 0 amide bonds. The van der Waals surface area contributed by atoms with Gasteiger partial charge in [0.15, 0.2) is 0 Å². The average molecular weight is 264 g/mol. The molecule has 0 saturated carbocycles. The molecule has 0 saturated heterocycles. The van der Waals surface area contributed by atoms with Crippen molar-refractivity contribution in [3.05, 3.63) is 0 Å². The van der Waals surface area contributed by atoms with Crippen molar-refractivity contribution >= 4 is 18.6 Å². The lowest BCUT2D eigenvalue weighted by Gasteiger charge is -2.28. The molecule has 0 heterocycles. The molecule has 0 aliphatic heterocycles. The molecule has 0 bridgehead atoms. The molecule has 0 aromatic carbocycles. The fraction of sp³-hybridized carbons (Fsp3) is 1.00. The van der Waals surface area contributed by atoms with Gasteiger partial charge in [0.25, 0.3) is 0 Å². The van der Waals surface area contributed by atoms with Crippen LogP contribution in [0.2, 0.25) is 12.1 Å². The largest absolute Gasteiger partial charge is 0.500 e. The van der Waals surface area contributed by atoms with Crippen LogP contribution in [0.1, 0.15) is 27.7 Å². The lowest BCUT2D eigenvalue weighted by molar-refractivity contribution is 0.0724. The summed E-state index contributed by atoms with van der Waals surface area (Å²) in [6.45, 7) is 10.6. The second kappa shape index (κ2) is 10.4. The van der Waals surface area contributed by atoms with Crippen molar-refractivity contribution in [1.29, 1.82) is 0 Å². The summed E-state index contributed by atoms with van der Waals surface area (Å²) in [6.07, 6.45) is 0. The zero-order valence-corrected chi connectivity index (χ0v) is 12.9. The Kier molecular flexibility index (Phi) is 10.6. The van der Waals surface area contributed by atoms with Crippen LogP contribution in [0.3, 0.4) is 0 Å². The van der Waals surface area contributed by atoms with Crippen molar-refractivity contribution in [3.8, 4) is 0 Å². The molecule has 0 fully saturated rings. The van der Waals surface area contributed by atoms with Crippen LogP contribution < -0.4 is 0 Å². The normalized spacial score (nSPS) is 12.0. The zero-order chi connectivity index (χ0) is 12.3. The van der Waals surface area contributed by atoms with E-state index in [0.717, 1.165) is 18.7 Å². The van der Waals surface area contributed by atoms with Gasteiger partial charge in [0.2, 0.25) is 9.76 Å². The number of hydrogen-bond donors (Lipinski definition) is 0. The molecule has 0 spiro atoms. The monoisotopic (exact) mass is 264 g/mol. The molecule has 96 valence electrons. The van der Waals surface area contributed by atoms with Crippen LogP contribution in [0.15, 0.2) is 0 Å². The van der Waals surface area contributed by atoms with E-state index in [-0.39, 0.29) is 0 Å². The Morgan fingerprint density at radius 1 is 0.812 bits per heavy atom. The molecule has 0 aliphatic carbocycles. The van der Waals surface area contributed by atoms with Crippen molar-refractivity contribution in [2.45, 2.75) is 39.8 Å². The van der Waals surface area contributed by atoms with E-state index < -0.39 is 8.80 Å². The van der Waals surface area contributed by atoms with Crippen LogP contribution in [0, 0.1) is 0 Å².